The second-order valence-corrected chi connectivity index (χ2v) is 11.0. The summed E-state index contributed by atoms with van der Waals surface area (Å²) in [5.74, 6) is -2.55. The Morgan fingerprint density at radius 3 is 2.67 bits per heavy atom. The van der Waals surface area contributed by atoms with Crippen molar-refractivity contribution in [2.75, 3.05) is 46.5 Å². The van der Waals surface area contributed by atoms with Gasteiger partial charge in [-0.15, -0.1) is 13.2 Å². The van der Waals surface area contributed by atoms with Crippen molar-refractivity contribution in [1.82, 2.24) is 20.5 Å². The van der Waals surface area contributed by atoms with Crippen LogP contribution in [0.5, 0.6) is 5.88 Å². The van der Waals surface area contributed by atoms with E-state index < -0.39 is 48.4 Å². The number of nitrogens with zero attached hydrogens (tertiary/aromatic N) is 2. The summed E-state index contributed by atoms with van der Waals surface area (Å²) in [5, 5.41) is 15.7. The predicted octanol–water partition coefficient (Wildman–Crippen LogP) is 4.29. The van der Waals surface area contributed by atoms with Crippen molar-refractivity contribution in [3.63, 3.8) is 0 Å². The maximum atomic E-state index is 13.4. The Morgan fingerprint density at radius 1 is 1.26 bits per heavy atom. The summed E-state index contributed by atoms with van der Waals surface area (Å²) in [6.45, 7) is 2.42. The highest BCUT2D eigenvalue weighted by Gasteiger charge is 2.53. The number of ether oxygens (including phenoxy) is 2. The lowest BCUT2D eigenvalue weighted by molar-refractivity contribution is -0.276. The van der Waals surface area contributed by atoms with Crippen molar-refractivity contribution in [3.8, 4) is 5.88 Å². The standard InChI is InChI=1S/C30H42F4N4O5/c1-42-23(19-31)21-38(17-6-4-2-3-5-9-22-10-8-16-35-20-22)18-13-24(27(39)40)36-28(41)29(14-15-29)25-11-7-12-26(37-25)43-30(32,33)34/h3,5,7,9,11-12,23-24,35H,2,4,6,8,10,13-21H2,1H3,(H,36,41)(H,39,40)/b5-3?,22-9-. The van der Waals surface area contributed by atoms with Gasteiger partial charge < -0.3 is 30.1 Å². The minimum atomic E-state index is -4.93. The van der Waals surface area contributed by atoms with Crippen LogP contribution in [0.25, 0.3) is 0 Å². The molecule has 0 radical (unpaired) electrons. The molecule has 240 valence electrons. The summed E-state index contributed by atoms with van der Waals surface area (Å²) in [6, 6.07) is 2.52. The fourth-order valence-corrected chi connectivity index (χ4v) is 5.03. The van der Waals surface area contributed by atoms with Crippen molar-refractivity contribution >= 4 is 11.9 Å². The van der Waals surface area contributed by atoms with E-state index in [1.54, 1.807) is 0 Å². The number of halogens is 4. The van der Waals surface area contributed by atoms with Crippen LogP contribution >= 0.6 is 0 Å². The Labute approximate surface area is 249 Å². The fraction of sp³-hybridized carbons (Fsp3) is 0.633. The first-order valence-corrected chi connectivity index (χ1v) is 14.7. The third kappa shape index (κ3) is 11.5. The number of amides is 1. The number of carbonyl (C=O) groups excluding carboxylic acids is 1. The molecule has 3 N–H and O–H groups in total. The van der Waals surface area contributed by atoms with Crippen molar-refractivity contribution in [2.24, 2.45) is 0 Å². The van der Waals surface area contributed by atoms with Gasteiger partial charge in [0.25, 0.3) is 0 Å². The van der Waals surface area contributed by atoms with E-state index in [0.717, 1.165) is 51.3 Å². The highest BCUT2D eigenvalue weighted by molar-refractivity contribution is 5.93. The van der Waals surface area contributed by atoms with Gasteiger partial charge in [-0.1, -0.05) is 29.9 Å². The van der Waals surface area contributed by atoms with Gasteiger partial charge in [0.2, 0.25) is 11.8 Å². The van der Waals surface area contributed by atoms with Crippen LogP contribution in [0.15, 0.2) is 42.0 Å². The third-order valence-corrected chi connectivity index (χ3v) is 7.69. The minimum Gasteiger partial charge on any atom is -0.480 e. The molecule has 9 nitrogen and oxygen atoms in total. The first kappa shape index (κ1) is 34.5. The molecule has 1 saturated heterocycles. The normalized spacial score (nSPS) is 19.0. The van der Waals surface area contributed by atoms with E-state index in [9.17, 15) is 32.3 Å². The van der Waals surface area contributed by atoms with Gasteiger partial charge in [0.1, 0.15) is 12.7 Å². The van der Waals surface area contributed by atoms with Gasteiger partial charge in [-0.05, 0) is 70.5 Å². The van der Waals surface area contributed by atoms with Crippen LogP contribution in [0.2, 0.25) is 0 Å². The maximum absolute atomic E-state index is 13.4. The first-order chi connectivity index (χ1) is 20.6. The number of rotatable bonds is 18. The zero-order chi connectivity index (χ0) is 31.3. The van der Waals surface area contributed by atoms with Gasteiger partial charge in [-0.25, -0.2) is 14.2 Å². The molecule has 2 aliphatic rings. The predicted molar refractivity (Wildman–Crippen MR) is 152 cm³/mol. The van der Waals surface area contributed by atoms with Crippen LogP contribution in [-0.4, -0.2) is 91.9 Å². The lowest BCUT2D eigenvalue weighted by atomic mass is 9.99. The highest BCUT2D eigenvalue weighted by atomic mass is 19.4. The van der Waals surface area contributed by atoms with Crippen LogP contribution in [0, 0.1) is 0 Å². The number of carboxylic acids is 1. The quantitative estimate of drug-likeness (QED) is 0.166. The Morgan fingerprint density at radius 2 is 2.05 bits per heavy atom. The number of allylic oxidation sites excluding steroid dienone is 3. The van der Waals surface area contributed by atoms with Crippen LogP contribution < -0.4 is 15.4 Å². The number of carbonyl (C=O) groups is 2. The second-order valence-electron chi connectivity index (χ2n) is 11.0. The summed E-state index contributed by atoms with van der Waals surface area (Å²) in [4.78, 5) is 31.0. The zero-order valence-corrected chi connectivity index (χ0v) is 24.5. The zero-order valence-electron chi connectivity index (χ0n) is 24.5. The summed E-state index contributed by atoms with van der Waals surface area (Å²) in [6.07, 6.45) is 6.26. The van der Waals surface area contributed by atoms with Crippen molar-refractivity contribution in [3.05, 3.63) is 47.7 Å². The van der Waals surface area contributed by atoms with E-state index in [-0.39, 0.29) is 25.2 Å². The second kappa shape index (κ2) is 16.7. The Balaban J connectivity index is 1.54. The lowest BCUT2D eigenvalue weighted by Crippen LogP contribution is -2.48. The average Bonchev–Trinajstić information content (AvgIpc) is 3.79. The fourth-order valence-electron chi connectivity index (χ4n) is 5.03. The molecule has 1 aliphatic carbocycles. The van der Waals surface area contributed by atoms with Gasteiger partial charge >= 0.3 is 12.3 Å². The summed E-state index contributed by atoms with van der Waals surface area (Å²) < 4.78 is 60.4. The molecule has 0 aromatic carbocycles. The first-order valence-electron chi connectivity index (χ1n) is 14.7. The average molecular weight is 615 g/mol. The number of hydrogen-bond donors (Lipinski definition) is 3. The molecular formula is C30H42F4N4O5. The number of unbranched alkanes of at least 4 members (excludes halogenated alkanes) is 2. The molecule has 2 fully saturated rings. The maximum Gasteiger partial charge on any atom is 0.574 e. The van der Waals surface area contributed by atoms with E-state index in [2.05, 4.69) is 38.6 Å². The molecule has 1 saturated carbocycles. The largest absolute Gasteiger partial charge is 0.574 e. The number of hydrogen-bond acceptors (Lipinski definition) is 7. The Hall–Kier alpha value is -3.03. The summed E-state index contributed by atoms with van der Waals surface area (Å²) in [5.41, 5.74) is 0.257. The molecule has 0 bridgehead atoms. The Kier molecular flexibility index (Phi) is 13.4. The molecular weight excluding hydrogens is 572 g/mol. The van der Waals surface area contributed by atoms with Crippen LogP contribution in [0.3, 0.4) is 0 Å². The molecule has 3 rings (SSSR count). The van der Waals surface area contributed by atoms with Gasteiger partial charge in [0, 0.05) is 32.8 Å². The summed E-state index contributed by atoms with van der Waals surface area (Å²) >= 11 is 0. The number of aromatic nitrogens is 1. The molecule has 1 aromatic heterocycles. The SMILES string of the molecule is COC(CF)CN(CCCCC=C/C=C1/CCCNC1)CCC(NC(=O)C1(c2cccc(OC(F)(F)F)n2)CC1)C(=O)O. The van der Waals surface area contributed by atoms with Gasteiger partial charge in [0.05, 0.1) is 17.2 Å². The molecule has 2 atom stereocenters. The van der Waals surface area contributed by atoms with Crippen molar-refractivity contribution in [1.29, 1.82) is 0 Å². The third-order valence-electron chi connectivity index (χ3n) is 7.69. The van der Waals surface area contributed by atoms with Crippen molar-refractivity contribution < 1.29 is 41.7 Å². The van der Waals surface area contributed by atoms with E-state index in [1.165, 1.54) is 24.8 Å². The molecule has 13 heteroatoms. The minimum absolute atomic E-state index is 0.0477. The number of nitrogens with one attached hydrogen (secondary N) is 2. The number of piperidine rings is 1. The van der Waals surface area contributed by atoms with Crippen LogP contribution in [-0.2, 0) is 19.7 Å². The number of alkyl halides is 4. The number of carboxylic acid groups (broad SMARTS) is 1. The van der Waals surface area contributed by atoms with E-state index >= 15 is 0 Å². The van der Waals surface area contributed by atoms with Gasteiger partial charge in [-0.2, -0.15) is 0 Å². The molecule has 1 aromatic rings. The summed E-state index contributed by atoms with van der Waals surface area (Å²) in [7, 11) is 1.42. The monoisotopic (exact) mass is 614 g/mol. The highest BCUT2D eigenvalue weighted by Crippen LogP contribution is 2.48. The molecule has 0 spiro atoms. The molecule has 43 heavy (non-hydrogen) atoms. The number of pyridine rings is 1. The molecule has 1 amide bonds. The molecule has 1 aliphatic heterocycles. The van der Waals surface area contributed by atoms with Gasteiger partial charge in [0.15, 0.2) is 0 Å². The van der Waals surface area contributed by atoms with E-state index in [4.69, 9.17) is 4.74 Å². The van der Waals surface area contributed by atoms with Gasteiger partial charge in [-0.3, -0.25) is 4.79 Å². The van der Waals surface area contributed by atoms with E-state index in [1.807, 2.05) is 4.90 Å². The lowest BCUT2D eigenvalue weighted by Gasteiger charge is -2.27. The number of aliphatic carboxylic acids is 1. The van der Waals surface area contributed by atoms with Crippen molar-refractivity contribution in [2.45, 2.75) is 75.3 Å². The topological polar surface area (TPSA) is 113 Å². The van der Waals surface area contributed by atoms with Crippen LogP contribution in [0.1, 0.15) is 57.1 Å². The smallest absolute Gasteiger partial charge is 0.480 e. The Bertz CT molecular complexity index is 1100. The van der Waals surface area contributed by atoms with E-state index in [0.29, 0.717) is 19.4 Å². The number of methoxy groups -OCH3 is 1. The molecule has 2 heterocycles. The van der Waals surface area contributed by atoms with Crippen LogP contribution in [0.4, 0.5) is 17.6 Å². The molecule has 2 unspecified atom stereocenters.